The second-order valence-corrected chi connectivity index (χ2v) is 5.64. The molecule has 3 rings (SSSR count). The van der Waals surface area contributed by atoms with Gasteiger partial charge in [0.15, 0.2) is 0 Å². The maximum absolute atomic E-state index is 12.1. The van der Waals surface area contributed by atoms with Crippen molar-refractivity contribution in [1.82, 2.24) is 14.9 Å². The first kappa shape index (κ1) is 14.9. The monoisotopic (exact) mass is 339 g/mol. The molecule has 2 heterocycles. The van der Waals surface area contributed by atoms with Crippen molar-refractivity contribution >= 4 is 35.1 Å². The van der Waals surface area contributed by atoms with Crippen molar-refractivity contribution < 1.29 is 14.3 Å². The summed E-state index contributed by atoms with van der Waals surface area (Å²) in [4.78, 5) is 27.1. The summed E-state index contributed by atoms with van der Waals surface area (Å²) in [5.74, 6) is -0.672. The molecule has 114 valence electrons. The quantitative estimate of drug-likeness (QED) is 0.870. The van der Waals surface area contributed by atoms with Gasteiger partial charge in [0.25, 0.3) is 5.91 Å². The van der Waals surface area contributed by atoms with Crippen LogP contribution < -0.4 is 5.32 Å². The van der Waals surface area contributed by atoms with Crippen LogP contribution in [-0.2, 0) is 9.53 Å². The van der Waals surface area contributed by atoms with E-state index in [0.717, 1.165) is 5.69 Å². The molecule has 0 radical (unpaired) electrons. The number of nitrogens with one attached hydrogen (secondary N) is 1. The van der Waals surface area contributed by atoms with Crippen molar-refractivity contribution in [2.45, 2.75) is 12.5 Å². The summed E-state index contributed by atoms with van der Waals surface area (Å²) in [5.41, 5.74) is 0.978. The van der Waals surface area contributed by atoms with Gasteiger partial charge >= 0.3 is 5.97 Å². The molecule has 1 amide bonds. The highest BCUT2D eigenvalue weighted by Gasteiger charge is 2.26. The summed E-state index contributed by atoms with van der Waals surface area (Å²) < 4.78 is 6.45. The van der Waals surface area contributed by atoms with Gasteiger partial charge in [0.05, 0.1) is 22.5 Å². The van der Waals surface area contributed by atoms with Crippen LogP contribution in [0.5, 0.6) is 0 Å². The predicted octanol–water partition coefficient (Wildman–Crippen LogP) is 2.22. The Morgan fingerprint density at radius 1 is 1.36 bits per heavy atom. The second-order valence-electron chi connectivity index (χ2n) is 4.82. The van der Waals surface area contributed by atoms with E-state index >= 15 is 0 Å². The van der Waals surface area contributed by atoms with Crippen molar-refractivity contribution in [2.24, 2.45) is 0 Å². The molecule has 0 saturated carbocycles. The molecule has 1 aliphatic heterocycles. The molecular weight excluding hydrogens is 329 g/mol. The van der Waals surface area contributed by atoms with Crippen molar-refractivity contribution in [3.05, 3.63) is 46.5 Å². The van der Waals surface area contributed by atoms with Gasteiger partial charge < -0.3 is 14.6 Å². The van der Waals surface area contributed by atoms with E-state index in [1.807, 2.05) is 0 Å². The molecule has 2 aromatic rings. The molecule has 22 heavy (non-hydrogen) atoms. The van der Waals surface area contributed by atoms with Gasteiger partial charge in [-0.1, -0.05) is 23.2 Å². The van der Waals surface area contributed by atoms with E-state index in [2.05, 4.69) is 10.3 Å². The third kappa shape index (κ3) is 3.08. The Bertz CT molecular complexity index is 745. The van der Waals surface area contributed by atoms with Crippen LogP contribution in [0.1, 0.15) is 16.9 Å². The zero-order valence-electron chi connectivity index (χ0n) is 11.3. The van der Waals surface area contributed by atoms with Gasteiger partial charge in [0.2, 0.25) is 0 Å². The number of esters is 1. The van der Waals surface area contributed by atoms with E-state index in [4.69, 9.17) is 27.9 Å². The topological polar surface area (TPSA) is 73.2 Å². The summed E-state index contributed by atoms with van der Waals surface area (Å²) in [5, 5.41) is 3.57. The standard InChI is InChI=1S/C14H11Cl2N3O3/c15-10-2-1-9(4-11(10)16)19-5-12(17-7-19)14(21)18-8-3-13(20)22-6-8/h1-2,4-5,7-8H,3,6H2,(H,18,21)/t8-/m0/s1. The minimum atomic E-state index is -0.359. The van der Waals surface area contributed by atoms with Crippen molar-refractivity contribution in [2.75, 3.05) is 6.61 Å². The van der Waals surface area contributed by atoms with Gasteiger partial charge in [-0.05, 0) is 18.2 Å². The fourth-order valence-corrected chi connectivity index (χ4v) is 2.38. The maximum Gasteiger partial charge on any atom is 0.308 e. The van der Waals surface area contributed by atoms with Gasteiger partial charge in [-0.2, -0.15) is 0 Å². The van der Waals surface area contributed by atoms with E-state index < -0.39 is 0 Å². The minimum Gasteiger partial charge on any atom is -0.463 e. The van der Waals surface area contributed by atoms with E-state index in [1.54, 1.807) is 29.0 Å². The van der Waals surface area contributed by atoms with Crippen molar-refractivity contribution in [3.8, 4) is 5.69 Å². The number of cyclic esters (lactones) is 1. The predicted molar refractivity (Wildman–Crippen MR) is 80.4 cm³/mol. The van der Waals surface area contributed by atoms with Crippen LogP contribution in [0.3, 0.4) is 0 Å². The number of benzene rings is 1. The molecule has 1 aromatic carbocycles. The zero-order chi connectivity index (χ0) is 15.7. The molecule has 0 aliphatic carbocycles. The number of amides is 1. The van der Waals surface area contributed by atoms with Crippen molar-refractivity contribution in [1.29, 1.82) is 0 Å². The molecule has 0 bridgehead atoms. The first-order valence-corrected chi connectivity index (χ1v) is 7.24. The minimum absolute atomic E-state index is 0.180. The third-order valence-corrected chi connectivity index (χ3v) is 3.95. The molecule has 1 fully saturated rings. The number of carbonyl (C=O) groups is 2. The van der Waals surface area contributed by atoms with E-state index in [-0.39, 0.29) is 36.6 Å². The summed E-state index contributed by atoms with van der Waals surface area (Å²) in [6, 6.07) is 4.80. The molecule has 1 N–H and O–H groups in total. The molecule has 1 saturated heterocycles. The lowest BCUT2D eigenvalue weighted by molar-refractivity contribution is -0.137. The SMILES string of the molecule is O=C1C[C@H](NC(=O)c2cn(-c3ccc(Cl)c(Cl)c3)cn2)CO1. The van der Waals surface area contributed by atoms with E-state index in [0.29, 0.717) is 10.0 Å². The smallest absolute Gasteiger partial charge is 0.308 e. The van der Waals surface area contributed by atoms with Crippen molar-refractivity contribution in [3.63, 3.8) is 0 Å². The molecule has 8 heteroatoms. The Balaban J connectivity index is 1.74. The Hall–Kier alpha value is -2.05. The first-order chi connectivity index (χ1) is 10.5. The molecular formula is C14H11Cl2N3O3. The first-order valence-electron chi connectivity index (χ1n) is 6.49. The maximum atomic E-state index is 12.1. The number of aromatic nitrogens is 2. The molecule has 0 spiro atoms. The lowest BCUT2D eigenvalue weighted by atomic mass is 10.2. The zero-order valence-corrected chi connectivity index (χ0v) is 12.8. The van der Waals surface area contributed by atoms with Gasteiger partial charge in [-0.25, -0.2) is 4.98 Å². The Morgan fingerprint density at radius 3 is 2.86 bits per heavy atom. The highest BCUT2D eigenvalue weighted by Crippen LogP contribution is 2.24. The lowest BCUT2D eigenvalue weighted by Gasteiger charge is -2.07. The number of halogens is 2. The average Bonchev–Trinajstić information content (AvgIpc) is 3.11. The summed E-state index contributed by atoms with van der Waals surface area (Å²) >= 11 is 11.8. The van der Waals surface area contributed by atoms with Crippen LogP contribution in [0.15, 0.2) is 30.7 Å². The number of nitrogens with zero attached hydrogens (tertiary/aromatic N) is 2. The van der Waals surface area contributed by atoms with Crippen LogP contribution in [0.25, 0.3) is 5.69 Å². The normalized spacial score (nSPS) is 17.4. The second kappa shape index (κ2) is 5.98. The highest BCUT2D eigenvalue weighted by molar-refractivity contribution is 6.42. The number of carbonyl (C=O) groups excluding carboxylic acids is 2. The van der Waals surface area contributed by atoms with Crippen LogP contribution in [0.2, 0.25) is 10.0 Å². The molecule has 1 atom stereocenters. The van der Waals surface area contributed by atoms with Crippen LogP contribution in [0.4, 0.5) is 0 Å². The largest absolute Gasteiger partial charge is 0.463 e. The van der Waals surface area contributed by atoms with Crippen LogP contribution in [0, 0.1) is 0 Å². The third-order valence-electron chi connectivity index (χ3n) is 3.21. The fourth-order valence-electron chi connectivity index (χ4n) is 2.09. The van der Waals surface area contributed by atoms with E-state index in [1.165, 1.54) is 6.33 Å². The Labute approximate surface area is 136 Å². The number of rotatable bonds is 3. The van der Waals surface area contributed by atoms with Crippen LogP contribution >= 0.6 is 23.2 Å². The molecule has 1 aromatic heterocycles. The number of ether oxygens (including phenoxy) is 1. The van der Waals surface area contributed by atoms with Gasteiger partial charge in [-0.3, -0.25) is 9.59 Å². The number of hydrogen-bond donors (Lipinski definition) is 1. The summed E-state index contributed by atoms with van der Waals surface area (Å²) in [6.07, 6.45) is 3.26. The Morgan fingerprint density at radius 2 is 2.18 bits per heavy atom. The van der Waals surface area contributed by atoms with Gasteiger partial charge in [-0.15, -0.1) is 0 Å². The fraction of sp³-hybridized carbons (Fsp3) is 0.214. The van der Waals surface area contributed by atoms with E-state index in [9.17, 15) is 9.59 Å². The number of hydrogen-bond acceptors (Lipinski definition) is 4. The molecule has 1 aliphatic rings. The number of imidazole rings is 1. The molecule has 6 nitrogen and oxygen atoms in total. The highest BCUT2D eigenvalue weighted by atomic mass is 35.5. The lowest BCUT2D eigenvalue weighted by Crippen LogP contribution is -2.35. The summed E-state index contributed by atoms with van der Waals surface area (Å²) in [6.45, 7) is 0.193. The molecule has 0 unspecified atom stereocenters. The Kier molecular flexibility index (Phi) is 4.04. The average molecular weight is 340 g/mol. The summed E-state index contributed by atoms with van der Waals surface area (Å²) in [7, 11) is 0. The van der Waals surface area contributed by atoms with Gasteiger partial charge in [0, 0.05) is 11.9 Å². The van der Waals surface area contributed by atoms with Crippen LogP contribution in [-0.4, -0.2) is 34.1 Å². The van der Waals surface area contributed by atoms with Gasteiger partial charge in [0.1, 0.15) is 18.6 Å².